The van der Waals surface area contributed by atoms with E-state index in [1.807, 2.05) is 88.5 Å². The standard InChI is InChI=1S/C25H26N4O2/c1-17-10-12-21(13-11-17)29(15-20-8-6-5-7-9-20)22(30)16-31-25-23-18(2)14-19(3)26-24(23)28(4)27-25/h5-14H,15-16H2,1-4H3. The highest BCUT2D eigenvalue weighted by atomic mass is 16.5. The number of aryl methyl sites for hydroxylation is 4. The van der Waals surface area contributed by atoms with Crippen LogP contribution in [0, 0.1) is 20.8 Å². The number of benzene rings is 2. The molecule has 0 spiro atoms. The number of hydrogen-bond donors (Lipinski definition) is 0. The molecule has 0 aliphatic rings. The molecule has 1 amide bonds. The zero-order valence-corrected chi connectivity index (χ0v) is 18.3. The first kappa shape index (κ1) is 20.6. The molecule has 2 aromatic carbocycles. The molecule has 0 saturated heterocycles. The third-order valence-electron chi connectivity index (χ3n) is 5.25. The predicted molar refractivity (Wildman–Crippen MR) is 122 cm³/mol. The first-order valence-corrected chi connectivity index (χ1v) is 10.3. The topological polar surface area (TPSA) is 60.3 Å². The van der Waals surface area contributed by atoms with E-state index in [2.05, 4.69) is 10.1 Å². The molecule has 6 heteroatoms. The van der Waals surface area contributed by atoms with Crippen LogP contribution in [0.5, 0.6) is 5.88 Å². The molecule has 0 aliphatic carbocycles. The van der Waals surface area contributed by atoms with E-state index < -0.39 is 0 Å². The van der Waals surface area contributed by atoms with Gasteiger partial charge in [0.2, 0.25) is 5.88 Å². The van der Waals surface area contributed by atoms with Crippen LogP contribution >= 0.6 is 0 Å². The molecule has 0 radical (unpaired) electrons. The molecule has 0 N–H and O–H groups in total. The fourth-order valence-corrected chi connectivity index (χ4v) is 3.67. The number of amides is 1. The summed E-state index contributed by atoms with van der Waals surface area (Å²) < 4.78 is 7.61. The average molecular weight is 415 g/mol. The lowest BCUT2D eigenvalue weighted by molar-refractivity contribution is -0.120. The Kier molecular flexibility index (Phi) is 5.71. The Hall–Kier alpha value is -3.67. The lowest BCUT2D eigenvalue weighted by atomic mass is 10.1. The van der Waals surface area contributed by atoms with Gasteiger partial charge >= 0.3 is 0 Å². The van der Waals surface area contributed by atoms with Crippen molar-refractivity contribution in [2.75, 3.05) is 11.5 Å². The largest absolute Gasteiger partial charge is 0.466 e. The summed E-state index contributed by atoms with van der Waals surface area (Å²) in [4.78, 5) is 19.5. The summed E-state index contributed by atoms with van der Waals surface area (Å²) in [5.74, 6) is 0.295. The van der Waals surface area contributed by atoms with Gasteiger partial charge in [0.05, 0.1) is 11.9 Å². The van der Waals surface area contributed by atoms with Gasteiger partial charge in [-0.25, -0.2) is 9.67 Å². The van der Waals surface area contributed by atoms with Crippen molar-refractivity contribution in [3.63, 3.8) is 0 Å². The van der Waals surface area contributed by atoms with Crippen LogP contribution in [-0.4, -0.2) is 27.3 Å². The van der Waals surface area contributed by atoms with Gasteiger partial charge < -0.3 is 9.64 Å². The number of aromatic nitrogens is 3. The summed E-state index contributed by atoms with van der Waals surface area (Å²) >= 11 is 0. The van der Waals surface area contributed by atoms with Crippen molar-refractivity contribution in [2.24, 2.45) is 7.05 Å². The zero-order chi connectivity index (χ0) is 22.0. The summed E-state index contributed by atoms with van der Waals surface area (Å²) in [5, 5.41) is 5.29. The van der Waals surface area contributed by atoms with E-state index >= 15 is 0 Å². The van der Waals surface area contributed by atoms with E-state index in [0.717, 1.165) is 39.1 Å². The second-order valence-electron chi connectivity index (χ2n) is 7.80. The van der Waals surface area contributed by atoms with Gasteiger partial charge in [0.1, 0.15) is 0 Å². The number of rotatable bonds is 6. The van der Waals surface area contributed by atoms with Gasteiger partial charge in [0.25, 0.3) is 5.91 Å². The van der Waals surface area contributed by atoms with Crippen molar-refractivity contribution in [1.82, 2.24) is 14.8 Å². The van der Waals surface area contributed by atoms with Crippen LogP contribution in [0.15, 0.2) is 60.7 Å². The number of carbonyl (C=O) groups is 1. The second-order valence-corrected chi connectivity index (χ2v) is 7.80. The Labute approximate surface area is 182 Å². The lowest BCUT2D eigenvalue weighted by Crippen LogP contribution is -2.34. The number of ether oxygens (including phenoxy) is 1. The van der Waals surface area contributed by atoms with Crippen molar-refractivity contribution >= 4 is 22.6 Å². The molecule has 0 saturated carbocycles. The fraction of sp³-hybridized carbons (Fsp3) is 0.240. The SMILES string of the molecule is Cc1ccc(N(Cc2ccccc2)C(=O)COc2nn(C)c3nc(C)cc(C)c23)cc1. The number of anilines is 1. The molecule has 6 nitrogen and oxygen atoms in total. The smallest absolute Gasteiger partial charge is 0.265 e. The molecule has 2 heterocycles. The summed E-state index contributed by atoms with van der Waals surface area (Å²) in [6, 6.07) is 19.9. The molecule has 0 unspecified atom stereocenters. The Morgan fingerprint density at radius 2 is 1.74 bits per heavy atom. The molecular formula is C25H26N4O2. The quantitative estimate of drug-likeness (QED) is 0.466. The van der Waals surface area contributed by atoms with Crippen molar-refractivity contribution in [1.29, 1.82) is 0 Å². The molecule has 4 rings (SSSR count). The minimum Gasteiger partial charge on any atom is -0.466 e. The van der Waals surface area contributed by atoms with E-state index in [4.69, 9.17) is 4.74 Å². The minimum absolute atomic E-state index is 0.111. The van der Waals surface area contributed by atoms with Gasteiger partial charge in [-0.1, -0.05) is 48.0 Å². The molecule has 0 fully saturated rings. The zero-order valence-electron chi connectivity index (χ0n) is 18.3. The number of fused-ring (bicyclic) bond motifs is 1. The fourth-order valence-electron chi connectivity index (χ4n) is 3.67. The van der Waals surface area contributed by atoms with Crippen LogP contribution in [0.3, 0.4) is 0 Å². The Morgan fingerprint density at radius 3 is 2.45 bits per heavy atom. The van der Waals surface area contributed by atoms with Crippen molar-refractivity contribution in [2.45, 2.75) is 27.3 Å². The highest BCUT2D eigenvalue weighted by Crippen LogP contribution is 2.27. The van der Waals surface area contributed by atoms with Gasteiger partial charge in [0.15, 0.2) is 12.3 Å². The van der Waals surface area contributed by atoms with Crippen LogP contribution in [-0.2, 0) is 18.4 Å². The number of nitrogens with zero attached hydrogens (tertiary/aromatic N) is 4. The summed E-state index contributed by atoms with van der Waals surface area (Å²) in [5.41, 5.74) is 5.73. The summed E-state index contributed by atoms with van der Waals surface area (Å²) in [6.07, 6.45) is 0. The Balaban J connectivity index is 1.59. The first-order chi connectivity index (χ1) is 14.9. The molecule has 4 aromatic rings. The second kappa shape index (κ2) is 8.60. The monoisotopic (exact) mass is 414 g/mol. The molecular weight excluding hydrogens is 388 g/mol. The van der Waals surface area contributed by atoms with Gasteiger partial charge in [-0.2, -0.15) is 0 Å². The van der Waals surface area contributed by atoms with Crippen molar-refractivity contribution < 1.29 is 9.53 Å². The predicted octanol–water partition coefficient (Wildman–Crippen LogP) is 4.51. The van der Waals surface area contributed by atoms with E-state index in [1.54, 1.807) is 9.58 Å². The van der Waals surface area contributed by atoms with Crippen LogP contribution in [0.4, 0.5) is 5.69 Å². The minimum atomic E-state index is -0.135. The normalized spacial score (nSPS) is 11.0. The van der Waals surface area contributed by atoms with E-state index in [1.165, 1.54) is 0 Å². The number of hydrogen-bond acceptors (Lipinski definition) is 4. The Bertz CT molecular complexity index is 1210. The third-order valence-corrected chi connectivity index (χ3v) is 5.25. The molecule has 2 aromatic heterocycles. The van der Waals surface area contributed by atoms with Crippen LogP contribution in [0.25, 0.3) is 11.0 Å². The summed E-state index contributed by atoms with van der Waals surface area (Å²) in [6.45, 7) is 6.34. The van der Waals surface area contributed by atoms with Crippen molar-refractivity contribution in [3.8, 4) is 5.88 Å². The van der Waals surface area contributed by atoms with Crippen molar-refractivity contribution in [3.05, 3.63) is 83.0 Å². The highest BCUT2D eigenvalue weighted by Gasteiger charge is 2.20. The van der Waals surface area contributed by atoms with E-state index in [-0.39, 0.29) is 12.5 Å². The molecule has 31 heavy (non-hydrogen) atoms. The number of carbonyl (C=O) groups excluding carboxylic acids is 1. The van der Waals surface area contributed by atoms with Crippen LogP contribution < -0.4 is 9.64 Å². The van der Waals surface area contributed by atoms with Gasteiger partial charge in [-0.3, -0.25) is 4.79 Å². The van der Waals surface area contributed by atoms with Gasteiger partial charge in [-0.05, 0) is 50.1 Å². The van der Waals surface area contributed by atoms with Crippen LogP contribution in [0.2, 0.25) is 0 Å². The van der Waals surface area contributed by atoms with Gasteiger partial charge in [-0.15, -0.1) is 5.10 Å². The van der Waals surface area contributed by atoms with Gasteiger partial charge in [0, 0.05) is 18.4 Å². The Morgan fingerprint density at radius 1 is 1.03 bits per heavy atom. The summed E-state index contributed by atoms with van der Waals surface area (Å²) in [7, 11) is 1.83. The highest BCUT2D eigenvalue weighted by molar-refractivity contribution is 5.94. The maximum Gasteiger partial charge on any atom is 0.265 e. The van der Waals surface area contributed by atoms with Crippen LogP contribution in [0.1, 0.15) is 22.4 Å². The van der Waals surface area contributed by atoms with E-state index in [0.29, 0.717) is 12.4 Å². The lowest BCUT2D eigenvalue weighted by Gasteiger charge is -2.23. The molecule has 0 atom stereocenters. The third kappa shape index (κ3) is 4.43. The maximum atomic E-state index is 13.2. The maximum absolute atomic E-state index is 13.2. The molecule has 0 aliphatic heterocycles. The molecule has 0 bridgehead atoms. The molecule has 158 valence electrons. The van der Waals surface area contributed by atoms with E-state index in [9.17, 15) is 4.79 Å². The average Bonchev–Trinajstić information content (AvgIpc) is 3.07. The number of pyridine rings is 1. The first-order valence-electron chi connectivity index (χ1n) is 10.3.